The molecule has 0 radical (unpaired) electrons. The van der Waals surface area contributed by atoms with Gasteiger partial charge >= 0.3 is 0 Å². The van der Waals surface area contributed by atoms with E-state index in [9.17, 15) is 4.79 Å². The van der Waals surface area contributed by atoms with Crippen molar-refractivity contribution >= 4 is 29.0 Å². The number of aromatic nitrogens is 5. The molecule has 0 saturated heterocycles. The first kappa shape index (κ1) is 22.0. The number of para-hydroxylation sites is 1. The van der Waals surface area contributed by atoms with Crippen LogP contribution in [-0.2, 0) is 5.75 Å². The minimum Gasteiger partial charge on any atom is -0.366 e. The monoisotopic (exact) mass is 484 g/mol. The van der Waals surface area contributed by atoms with Gasteiger partial charge < -0.3 is 5.73 Å². The van der Waals surface area contributed by atoms with E-state index in [0.29, 0.717) is 11.3 Å². The van der Waals surface area contributed by atoms with Crippen LogP contribution in [0.25, 0.3) is 27.6 Å². The van der Waals surface area contributed by atoms with Crippen LogP contribution >= 0.6 is 23.1 Å². The highest BCUT2D eigenvalue weighted by Gasteiger charge is 2.18. The number of carbonyl (C=O) groups excluding carboxylic acids is 1. The number of hydrogen-bond acceptors (Lipinski definition) is 7. The lowest BCUT2D eigenvalue weighted by Crippen LogP contribution is -2.10. The first-order valence-corrected chi connectivity index (χ1v) is 12.4. The first-order valence-electron chi connectivity index (χ1n) is 10.5. The van der Waals surface area contributed by atoms with Crippen LogP contribution in [0, 0.1) is 6.92 Å². The van der Waals surface area contributed by atoms with E-state index >= 15 is 0 Å². The van der Waals surface area contributed by atoms with Gasteiger partial charge in [0.15, 0.2) is 11.0 Å². The van der Waals surface area contributed by atoms with Crippen molar-refractivity contribution in [1.82, 2.24) is 24.7 Å². The highest BCUT2D eigenvalue weighted by molar-refractivity contribution is 7.98. The van der Waals surface area contributed by atoms with E-state index in [2.05, 4.69) is 38.8 Å². The third-order valence-electron chi connectivity index (χ3n) is 5.23. The number of nitrogens with zero attached hydrogens (tertiary/aromatic N) is 5. The number of amides is 1. The lowest BCUT2D eigenvalue weighted by atomic mass is 10.1. The zero-order valence-electron chi connectivity index (χ0n) is 18.3. The number of rotatable bonds is 7. The Morgan fingerprint density at radius 3 is 2.59 bits per heavy atom. The molecular formula is C25H20N6OS2. The van der Waals surface area contributed by atoms with Gasteiger partial charge in [0.1, 0.15) is 5.01 Å². The van der Waals surface area contributed by atoms with Gasteiger partial charge in [-0.3, -0.25) is 14.3 Å². The van der Waals surface area contributed by atoms with E-state index in [4.69, 9.17) is 10.7 Å². The van der Waals surface area contributed by atoms with Gasteiger partial charge in [0.25, 0.3) is 0 Å². The summed E-state index contributed by atoms with van der Waals surface area (Å²) in [6.45, 7) is 2.08. The Bertz CT molecular complexity index is 1440. The van der Waals surface area contributed by atoms with Crippen molar-refractivity contribution in [3.63, 3.8) is 0 Å². The van der Waals surface area contributed by atoms with E-state index in [0.717, 1.165) is 44.1 Å². The number of pyridine rings is 1. The molecule has 7 nitrogen and oxygen atoms in total. The molecule has 0 spiro atoms. The highest BCUT2D eigenvalue weighted by atomic mass is 32.2. The fourth-order valence-electron chi connectivity index (χ4n) is 3.50. The maximum absolute atomic E-state index is 11.3. The highest BCUT2D eigenvalue weighted by Crippen LogP contribution is 2.32. The molecule has 1 amide bonds. The summed E-state index contributed by atoms with van der Waals surface area (Å²) in [7, 11) is 0. The summed E-state index contributed by atoms with van der Waals surface area (Å²) in [5, 5.41) is 12.7. The second kappa shape index (κ2) is 9.58. The molecule has 2 N–H and O–H groups in total. The molecule has 0 atom stereocenters. The summed E-state index contributed by atoms with van der Waals surface area (Å²) in [6.07, 6.45) is 3.54. The molecule has 0 aliphatic carbocycles. The number of hydrogen-bond donors (Lipinski definition) is 1. The second-order valence-corrected chi connectivity index (χ2v) is 9.34. The number of thiazole rings is 1. The normalized spacial score (nSPS) is 11.0. The molecule has 0 bridgehead atoms. The summed E-state index contributed by atoms with van der Waals surface area (Å²) < 4.78 is 2.08. The van der Waals surface area contributed by atoms with Crippen LogP contribution in [0.5, 0.6) is 0 Å². The summed E-state index contributed by atoms with van der Waals surface area (Å²) in [6, 6.07) is 19.2. The van der Waals surface area contributed by atoms with Gasteiger partial charge in [-0.2, -0.15) is 0 Å². The molecule has 0 unspecified atom stereocenters. The maximum Gasteiger partial charge on any atom is 0.248 e. The summed E-state index contributed by atoms with van der Waals surface area (Å²) >= 11 is 3.15. The van der Waals surface area contributed by atoms with E-state index in [1.807, 2.05) is 41.8 Å². The SMILES string of the molecule is Cc1ccccc1-n1c(SCc2csc(-c3ccc(C(N)=O)cc3)n2)nnc1-c1cccnc1. The van der Waals surface area contributed by atoms with Gasteiger partial charge in [-0.25, -0.2) is 4.98 Å². The number of nitrogens with two attached hydrogens (primary N) is 1. The van der Waals surface area contributed by atoms with Crippen molar-refractivity contribution in [2.24, 2.45) is 5.73 Å². The number of aryl methyl sites for hydroxylation is 1. The quantitative estimate of drug-likeness (QED) is 0.321. The first-order chi connectivity index (χ1) is 16.6. The largest absolute Gasteiger partial charge is 0.366 e. The van der Waals surface area contributed by atoms with Crippen molar-refractivity contribution in [2.45, 2.75) is 17.8 Å². The van der Waals surface area contributed by atoms with Crippen LogP contribution in [0.2, 0.25) is 0 Å². The third-order valence-corrected chi connectivity index (χ3v) is 7.13. The zero-order valence-corrected chi connectivity index (χ0v) is 19.9. The molecule has 3 heterocycles. The van der Waals surface area contributed by atoms with Crippen LogP contribution in [0.15, 0.2) is 83.6 Å². The van der Waals surface area contributed by atoms with Crippen LogP contribution in [-0.4, -0.2) is 30.6 Å². The van der Waals surface area contributed by atoms with Crippen molar-refractivity contribution in [1.29, 1.82) is 0 Å². The summed E-state index contributed by atoms with van der Waals surface area (Å²) in [4.78, 5) is 20.3. The Morgan fingerprint density at radius 1 is 1.03 bits per heavy atom. The average molecular weight is 485 g/mol. The van der Waals surface area contributed by atoms with Crippen LogP contribution in [0.3, 0.4) is 0 Å². The molecule has 0 aliphatic rings. The lowest BCUT2D eigenvalue weighted by Gasteiger charge is -2.12. The van der Waals surface area contributed by atoms with Gasteiger partial charge in [-0.15, -0.1) is 21.5 Å². The fourth-order valence-corrected chi connectivity index (χ4v) is 5.27. The Kier molecular flexibility index (Phi) is 6.20. The maximum atomic E-state index is 11.3. The van der Waals surface area contributed by atoms with Gasteiger partial charge in [-0.1, -0.05) is 42.1 Å². The number of thioether (sulfide) groups is 1. The van der Waals surface area contributed by atoms with Crippen molar-refractivity contribution < 1.29 is 4.79 Å². The second-order valence-electron chi connectivity index (χ2n) is 7.54. The number of carbonyl (C=O) groups is 1. The molecular weight excluding hydrogens is 464 g/mol. The van der Waals surface area contributed by atoms with E-state index in [1.54, 1.807) is 47.6 Å². The Morgan fingerprint density at radius 2 is 1.85 bits per heavy atom. The predicted molar refractivity (Wildman–Crippen MR) is 135 cm³/mol. The van der Waals surface area contributed by atoms with E-state index < -0.39 is 5.91 Å². The molecule has 5 aromatic rings. The van der Waals surface area contributed by atoms with Gasteiger partial charge in [-0.05, 0) is 42.8 Å². The van der Waals surface area contributed by atoms with Crippen LogP contribution in [0.4, 0.5) is 0 Å². The predicted octanol–water partition coefficient (Wildman–Crippen LogP) is 5.15. The topological polar surface area (TPSA) is 99.6 Å². The van der Waals surface area contributed by atoms with Crippen molar-refractivity contribution in [3.8, 4) is 27.6 Å². The minimum atomic E-state index is -0.439. The average Bonchev–Trinajstić information content (AvgIpc) is 3.51. The van der Waals surface area contributed by atoms with Crippen LogP contribution in [0.1, 0.15) is 21.6 Å². The molecule has 0 aliphatic heterocycles. The summed E-state index contributed by atoms with van der Waals surface area (Å²) in [5.41, 5.74) is 10.8. The molecule has 2 aromatic carbocycles. The minimum absolute atomic E-state index is 0.439. The lowest BCUT2D eigenvalue weighted by molar-refractivity contribution is 0.100. The Hall–Kier alpha value is -3.82. The molecule has 0 fully saturated rings. The van der Waals surface area contributed by atoms with Gasteiger partial charge in [0, 0.05) is 40.2 Å². The molecule has 3 aromatic heterocycles. The Balaban J connectivity index is 1.42. The molecule has 9 heteroatoms. The molecule has 5 rings (SSSR count). The van der Waals surface area contributed by atoms with Crippen molar-refractivity contribution in [3.05, 3.63) is 95.3 Å². The fraction of sp³-hybridized carbons (Fsp3) is 0.0800. The van der Waals surface area contributed by atoms with E-state index in [1.165, 1.54) is 0 Å². The smallest absolute Gasteiger partial charge is 0.248 e. The molecule has 0 saturated carbocycles. The van der Waals surface area contributed by atoms with Gasteiger partial charge in [0.2, 0.25) is 5.91 Å². The van der Waals surface area contributed by atoms with Crippen LogP contribution < -0.4 is 5.73 Å². The van der Waals surface area contributed by atoms with E-state index in [-0.39, 0.29) is 0 Å². The van der Waals surface area contributed by atoms with Crippen molar-refractivity contribution in [2.75, 3.05) is 0 Å². The summed E-state index contributed by atoms with van der Waals surface area (Å²) in [5.74, 6) is 0.956. The standard InChI is InChI=1S/C25H20N6OS2/c1-16-5-2-3-7-21(16)31-23(19-6-4-12-27-13-19)29-30-25(31)34-15-20-14-33-24(28-20)18-10-8-17(9-11-18)22(26)32/h2-14H,15H2,1H3,(H2,26,32). The third kappa shape index (κ3) is 4.48. The number of benzene rings is 2. The zero-order chi connectivity index (χ0) is 23.5. The number of primary amides is 1. The Labute approximate surface area is 204 Å². The molecule has 34 heavy (non-hydrogen) atoms. The molecule has 168 valence electrons. The van der Waals surface area contributed by atoms with Gasteiger partial charge in [0.05, 0.1) is 11.4 Å².